The van der Waals surface area contributed by atoms with E-state index in [0.29, 0.717) is 32.9 Å². The Labute approximate surface area is 207 Å². The van der Waals surface area contributed by atoms with Crippen LogP contribution in [0.1, 0.15) is 30.5 Å². The van der Waals surface area contributed by atoms with Crippen molar-refractivity contribution in [2.45, 2.75) is 31.8 Å². The Balaban J connectivity index is 1.46. The largest absolute Gasteiger partial charge is 0.286 e. The molecule has 2 aliphatic rings. The van der Waals surface area contributed by atoms with Gasteiger partial charge in [0.1, 0.15) is 5.71 Å². The number of fused-ring (bicyclic) bond motifs is 1. The summed E-state index contributed by atoms with van der Waals surface area (Å²) < 4.78 is 0. The lowest BCUT2D eigenvalue weighted by Crippen LogP contribution is -2.48. The predicted octanol–water partition coefficient (Wildman–Crippen LogP) is 6.44. The lowest BCUT2D eigenvalue weighted by Gasteiger charge is -2.25. The minimum Gasteiger partial charge on any atom is -0.282 e. The van der Waals surface area contributed by atoms with E-state index in [1.54, 1.807) is 17.1 Å². The number of nitrogens with one attached hydrogen (secondary N) is 1. The van der Waals surface area contributed by atoms with Gasteiger partial charge in [-0.15, -0.1) is 0 Å². The SMILES string of the molecule is CC1Cc2ccccc2N1NC(=O)C1=NN(c2ccc(Cl)cc2Cl)C(c2ccc(Cl)cc2)C1. The highest BCUT2D eigenvalue weighted by Gasteiger charge is 2.35. The second kappa shape index (κ2) is 8.90. The number of hydrogen-bond donors (Lipinski definition) is 1. The number of carbonyl (C=O) groups is 1. The first-order valence-electron chi connectivity index (χ1n) is 10.7. The maximum Gasteiger partial charge on any atom is 0.286 e. The molecule has 3 aromatic carbocycles. The van der Waals surface area contributed by atoms with Crippen LogP contribution in [0.15, 0.2) is 71.8 Å². The van der Waals surface area contributed by atoms with Crippen molar-refractivity contribution >= 4 is 57.8 Å². The highest BCUT2D eigenvalue weighted by Crippen LogP contribution is 2.40. The zero-order valence-corrected chi connectivity index (χ0v) is 20.1. The Morgan fingerprint density at radius 3 is 2.42 bits per heavy atom. The van der Waals surface area contributed by atoms with Crippen LogP contribution in [0.25, 0.3) is 0 Å². The van der Waals surface area contributed by atoms with Gasteiger partial charge < -0.3 is 0 Å². The smallest absolute Gasteiger partial charge is 0.282 e. The number of carbonyl (C=O) groups excluding carboxylic acids is 1. The molecule has 3 aromatic rings. The van der Waals surface area contributed by atoms with Gasteiger partial charge in [0.05, 0.1) is 28.5 Å². The highest BCUT2D eigenvalue weighted by atomic mass is 35.5. The molecule has 8 heteroatoms. The average Bonchev–Trinajstić information content (AvgIpc) is 3.36. The summed E-state index contributed by atoms with van der Waals surface area (Å²) in [6.07, 6.45) is 1.30. The molecule has 0 radical (unpaired) electrons. The fourth-order valence-corrected chi connectivity index (χ4v) is 5.01. The minimum absolute atomic E-state index is 0.155. The highest BCUT2D eigenvalue weighted by molar-refractivity contribution is 6.40. The number of nitrogens with zero attached hydrogens (tertiary/aromatic N) is 3. The summed E-state index contributed by atoms with van der Waals surface area (Å²) in [6.45, 7) is 2.09. The van der Waals surface area contributed by atoms with Gasteiger partial charge in [0.2, 0.25) is 0 Å². The molecule has 5 nitrogen and oxygen atoms in total. The van der Waals surface area contributed by atoms with Crippen LogP contribution in [0.2, 0.25) is 15.1 Å². The van der Waals surface area contributed by atoms with Gasteiger partial charge in [0, 0.05) is 16.5 Å². The molecule has 5 rings (SSSR count). The topological polar surface area (TPSA) is 47.9 Å². The quantitative estimate of drug-likeness (QED) is 0.449. The van der Waals surface area contributed by atoms with Crippen molar-refractivity contribution in [3.63, 3.8) is 0 Å². The Hall–Kier alpha value is -2.73. The summed E-state index contributed by atoms with van der Waals surface area (Å²) in [5.41, 5.74) is 7.39. The first-order chi connectivity index (χ1) is 15.9. The zero-order valence-electron chi connectivity index (χ0n) is 17.8. The summed E-state index contributed by atoms with van der Waals surface area (Å²) in [4.78, 5) is 13.3. The zero-order chi connectivity index (χ0) is 23.1. The standard InChI is InChI=1S/C25H21Cl3N4O/c1-15-12-17-4-2-3-5-22(17)31(15)30-25(33)21-14-24(16-6-8-18(26)9-7-16)32(29-21)23-11-10-19(27)13-20(23)28/h2-11,13,15,24H,12,14H2,1H3,(H,30,33). The molecule has 33 heavy (non-hydrogen) atoms. The van der Waals surface area contributed by atoms with E-state index in [-0.39, 0.29) is 18.0 Å². The third-order valence-electron chi connectivity index (χ3n) is 6.01. The molecule has 0 saturated heterocycles. The van der Waals surface area contributed by atoms with Crippen LogP contribution in [-0.4, -0.2) is 17.7 Å². The third-order valence-corrected chi connectivity index (χ3v) is 6.80. The van der Waals surface area contributed by atoms with Gasteiger partial charge in [-0.2, -0.15) is 5.10 Å². The first kappa shape index (κ1) is 22.1. The van der Waals surface area contributed by atoms with E-state index >= 15 is 0 Å². The summed E-state index contributed by atoms with van der Waals surface area (Å²) in [7, 11) is 0. The molecule has 0 saturated carbocycles. The van der Waals surface area contributed by atoms with Crippen molar-refractivity contribution in [1.82, 2.24) is 5.43 Å². The van der Waals surface area contributed by atoms with E-state index in [2.05, 4.69) is 18.4 Å². The van der Waals surface area contributed by atoms with Crippen molar-refractivity contribution in [3.05, 3.63) is 92.9 Å². The van der Waals surface area contributed by atoms with Gasteiger partial charge >= 0.3 is 0 Å². The maximum atomic E-state index is 13.3. The Kier molecular flexibility index (Phi) is 5.95. The number of benzene rings is 3. The van der Waals surface area contributed by atoms with Gasteiger partial charge in [0.25, 0.3) is 5.91 Å². The van der Waals surface area contributed by atoms with Crippen LogP contribution in [-0.2, 0) is 11.2 Å². The summed E-state index contributed by atoms with van der Waals surface area (Å²) in [5, 5.41) is 10.1. The average molecular weight is 500 g/mol. The second-order valence-corrected chi connectivity index (χ2v) is 9.53. The summed E-state index contributed by atoms with van der Waals surface area (Å²) >= 11 is 18.7. The van der Waals surface area contributed by atoms with Crippen LogP contribution in [0.5, 0.6) is 0 Å². The monoisotopic (exact) mass is 498 g/mol. The molecule has 168 valence electrons. The molecule has 1 amide bonds. The number of amides is 1. The minimum atomic E-state index is -0.231. The molecular formula is C25H21Cl3N4O. The number of rotatable bonds is 4. The van der Waals surface area contributed by atoms with Gasteiger partial charge in [-0.1, -0.05) is 65.1 Å². The van der Waals surface area contributed by atoms with E-state index in [1.807, 2.05) is 53.5 Å². The molecule has 2 aliphatic heterocycles. The van der Waals surface area contributed by atoms with Crippen molar-refractivity contribution in [1.29, 1.82) is 0 Å². The number of hydrazine groups is 1. The second-order valence-electron chi connectivity index (χ2n) is 8.25. The van der Waals surface area contributed by atoms with Crippen LogP contribution < -0.4 is 15.4 Å². The van der Waals surface area contributed by atoms with Gasteiger partial charge in [-0.3, -0.25) is 20.2 Å². The molecular weight excluding hydrogens is 479 g/mol. The predicted molar refractivity (Wildman–Crippen MR) is 135 cm³/mol. The third kappa shape index (κ3) is 4.29. The molecule has 0 fully saturated rings. The van der Waals surface area contributed by atoms with E-state index in [9.17, 15) is 4.79 Å². The number of para-hydroxylation sites is 1. The molecule has 2 unspecified atom stereocenters. The molecule has 1 N–H and O–H groups in total. The Morgan fingerprint density at radius 1 is 0.939 bits per heavy atom. The molecule has 0 aromatic heterocycles. The summed E-state index contributed by atoms with van der Waals surface area (Å²) in [6, 6.07) is 20.9. The van der Waals surface area contributed by atoms with Gasteiger partial charge in [0.15, 0.2) is 0 Å². The first-order valence-corrected chi connectivity index (χ1v) is 11.8. The molecule has 0 bridgehead atoms. The van der Waals surface area contributed by atoms with Crippen molar-refractivity contribution in [2.75, 3.05) is 10.0 Å². The van der Waals surface area contributed by atoms with Crippen LogP contribution in [0.3, 0.4) is 0 Å². The van der Waals surface area contributed by atoms with Gasteiger partial charge in [-0.25, -0.2) is 0 Å². The maximum absolute atomic E-state index is 13.3. The summed E-state index contributed by atoms with van der Waals surface area (Å²) in [5.74, 6) is -0.231. The molecule has 0 aliphatic carbocycles. The number of anilines is 2. The van der Waals surface area contributed by atoms with Crippen molar-refractivity contribution in [3.8, 4) is 0 Å². The van der Waals surface area contributed by atoms with Crippen LogP contribution >= 0.6 is 34.8 Å². The molecule has 0 spiro atoms. The normalized spacial score (nSPS) is 19.5. The fraction of sp³-hybridized carbons (Fsp3) is 0.200. The molecule has 2 heterocycles. The van der Waals surface area contributed by atoms with Crippen molar-refractivity contribution < 1.29 is 4.79 Å². The van der Waals surface area contributed by atoms with Crippen LogP contribution in [0.4, 0.5) is 11.4 Å². The van der Waals surface area contributed by atoms with Gasteiger partial charge in [-0.05, 0) is 60.9 Å². The number of halogens is 3. The fourth-order valence-electron chi connectivity index (χ4n) is 4.39. The number of hydrazone groups is 1. The Morgan fingerprint density at radius 2 is 1.67 bits per heavy atom. The van der Waals surface area contributed by atoms with E-state index in [1.165, 1.54) is 5.56 Å². The number of hydrogen-bond acceptors (Lipinski definition) is 4. The van der Waals surface area contributed by atoms with E-state index < -0.39 is 0 Å². The lowest BCUT2D eigenvalue weighted by molar-refractivity contribution is -0.115. The van der Waals surface area contributed by atoms with E-state index in [0.717, 1.165) is 17.7 Å². The van der Waals surface area contributed by atoms with E-state index in [4.69, 9.17) is 39.9 Å². The Bertz CT molecular complexity index is 1240. The van der Waals surface area contributed by atoms with Crippen molar-refractivity contribution in [2.24, 2.45) is 5.10 Å². The van der Waals surface area contributed by atoms with Crippen LogP contribution in [0, 0.1) is 0 Å². The lowest BCUT2D eigenvalue weighted by atomic mass is 10.0. The molecule has 2 atom stereocenters.